The standard InChI is InChI=1S/C14H13F6N5/c1-7(13(15,16)17)9-21-6-8-10-22-23-11(25(10)5-4-24(8)9)12(2-3-12)14(18,19)20/h6-7H,2-5H2,1H3/t7-/m1/s1. The van der Waals surface area contributed by atoms with Crippen LogP contribution in [0.25, 0.3) is 11.5 Å². The molecule has 1 aliphatic carbocycles. The van der Waals surface area contributed by atoms with E-state index in [-0.39, 0.29) is 49.1 Å². The van der Waals surface area contributed by atoms with Gasteiger partial charge in [-0.1, -0.05) is 0 Å². The molecule has 1 fully saturated rings. The number of fused-ring (bicyclic) bond motifs is 3. The number of hydrogen-bond donors (Lipinski definition) is 0. The molecule has 2 aromatic rings. The summed E-state index contributed by atoms with van der Waals surface area (Å²) >= 11 is 0. The van der Waals surface area contributed by atoms with E-state index in [9.17, 15) is 26.3 Å². The average Bonchev–Trinajstić information content (AvgIpc) is 3.04. The summed E-state index contributed by atoms with van der Waals surface area (Å²) in [6.45, 7) is 1.18. The minimum absolute atomic E-state index is 0.0513. The van der Waals surface area contributed by atoms with Gasteiger partial charge in [-0.3, -0.25) is 0 Å². The quantitative estimate of drug-likeness (QED) is 0.767. The first-order chi connectivity index (χ1) is 11.6. The molecule has 0 amide bonds. The van der Waals surface area contributed by atoms with E-state index >= 15 is 0 Å². The highest BCUT2D eigenvalue weighted by molar-refractivity contribution is 5.52. The first kappa shape index (κ1) is 16.4. The monoisotopic (exact) mass is 365 g/mol. The lowest BCUT2D eigenvalue weighted by Crippen LogP contribution is -2.33. The number of alkyl halides is 6. The van der Waals surface area contributed by atoms with Gasteiger partial charge in [0.05, 0.1) is 6.20 Å². The van der Waals surface area contributed by atoms with Gasteiger partial charge in [0, 0.05) is 13.1 Å². The molecule has 3 heterocycles. The van der Waals surface area contributed by atoms with Crippen molar-refractivity contribution in [1.29, 1.82) is 0 Å². The van der Waals surface area contributed by atoms with Crippen LogP contribution in [0.4, 0.5) is 26.3 Å². The fourth-order valence-corrected chi connectivity index (χ4v) is 3.31. The van der Waals surface area contributed by atoms with Gasteiger partial charge >= 0.3 is 12.4 Å². The molecular formula is C14H13F6N5. The van der Waals surface area contributed by atoms with Crippen molar-refractivity contribution in [2.45, 2.75) is 56.5 Å². The van der Waals surface area contributed by atoms with Crippen LogP contribution < -0.4 is 0 Å². The largest absolute Gasteiger partial charge is 0.401 e. The summed E-state index contributed by atoms with van der Waals surface area (Å²) in [6.07, 6.45) is -7.76. The van der Waals surface area contributed by atoms with Crippen LogP contribution in [0, 0.1) is 0 Å². The summed E-state index contributed by atoms with van der Waals surface area (Å²) in [5, 5.41) is 7.55. The van der Waals surface area contributed by atoms with Crippen LogP contribution in [0.15, 0.2) is 6.20 Å². The summed E-state index contributed by atoms with van der Waals surface area (Å²) in [6, 6.07) is 0. The van der Waals surface area contributed by atoms with Gasteiger partial charge in [0.25, 0.3) is 0 Å². The molecule has 1 saturated carbocycles. The number of rotatable bonds is 2. The lowest BCUT2D eigenvalue weighted by atomic mass is 10.1. The Morgan fingerprint density at radius 3 is 2.24 bits per heavy atom. The van der Waals surface area contributed by atoms with Crippen LogP contribution in [-0.2, 0) is 18.5 Å². The number of halogens is 6. The number of nitrogens with zero attached hydrogens (tertiary/aromatic N) is 5. The number of aromatic nitrogens is 5. The van der Waals surface area contributed by atoms with Crippen molar-refractivity contribution >= 4 is 0 Å². The Labute approximate surface area is 137 Å². The average molecular weight is 365 g/mol. The molecule has 11 heteroatoms. The van der Waals surface area contributed by atoms with Gasteiger partial charge in [-0.15, -0.1) is 10.2 Å². The third-order valence-electron chi connectivity index (χ3n) is 5.01. The zero-order valence-electron chi connectivity index (χ0n) is 13.0. The first-order valence-electron chi connectivity index (χ1n) is 7.69. The Morgan fingerprint density at radius 1 is 1.04 bits per heavy atom. The van der Waals surface area contributed by atoms with Crippen LogP contribution >= 0.6 is 0 Å². The molecule has 2 aliphatic rings. The minimum Gasteiger partial charge on any atom is -0.323 e. The summed E-state index contributed by atoms with van der Waals surface area (Å²) in [7, 11) is 0. The minimum atomic E-state index is -4.45. The van der Waals surface area contributed by atoms with Crippen LogP contribution in [0.5, 0.6) is 0 Å². The molecule has 2 aromatic heterocycles. The topological polar surface area (TPSA) is 48.5 Å². The van der Waals surface area contributed by atoms with E-state index < -0.39 is 23.7 Å². The van der Waals surface area contributed by atoms with E-state index in [2.05, 4.69) is 15.2 Å². The van der Waals surface area contributed by atoms with Crippen molar-refractivity contribution in [2.75, 3.05) is 0 Å². The Hall–Kier alpha value is -2.07. The zero-order chi connectivity index (χ0) is 18.2. The highest BCUT2D eigenvalue weighted by atomic mass is 19.4. The van der Waals surface area contributed by atoms with Crippen molar-refractivity contribution in [1.82, 2.24) is 24.3 Å². The Bertz CT molecular complexity index is 826. The molecule has 0 radical (unpaired) electrons. The van der Waals surface area contributed by atoms with Crippen molar-refractivity contribution in [3.8, 4) is 11.5 Å². The second-order valence-corrected chi connectivity index (χ2v) is 6.50. The highest BCUT2D eigenvalue weighted by Crippen LogP contribution is 2.58. The van der Waals surface area contributed by atoms with Crippen LogP contribution in [0.1, 0.15) is 37.3 Å². The van der Waals surface area contributed by atoms with Gasteiger partial charge in [0.1, 0.15) is 28.7 Å². The third kappa shape index (κ3) is 2.20. The molecule has 136 valence electrons. The van der Waals surface area contributed by atoms with Crippen molar-refractivity contribution in [2.24, 2.45) is 0 Å². The van der Waals surface area contributed by atoms with Gasteiger partial charge in [0.2, 0.25) is 0 Å². The van der Waals surface area contributed by atoms with Gasteiger partial charge < -0.3 is 9.13 Å². The third-order valence-corrected chi connectivity index (χ3v) is 5.01. The summed E-state index contributed by atoms with van der Waals surface area (Å²) < 4.78 is 81.6. The Kier molecular flexibility index (Phi) is 3.12. The summed E-state index contributed by atoms with van der Waals surface area (Å²) in [5.41, 5.74) is -1.73. The maximum absolute atomic E-state index is 13.3. The van der Waals surface area contributed by atoms with Gasteiger partial charge in [-0.05, 0) is 19.8 Å². The van der Waals surface area contributed by atoms with Gasteiger partial charge in [-0.25, -0.2) is 4.98 Å². The molecule has 0 unspecified atom stereocenters. The van der Waals surface area contributed by atoms with Crippen LogP contribution in [-0.4, -0.2) is 36.7 Å². The van der Waals surface area contributed by atoms with Crippen molar-refractivity contribution < 1.29 is 26.3 Å². The molecule has 0 aromatic carbocycles. The molecule has 0 N–H and O–H groups in total. The smallest absolute Gasteiger partial charge is 0.323 e. The molecule has 1 aliphatic heterocycles. The van der Waals surface area contributed by atoms with Crippen LogP contribution in [0.3, 0.4) is 0 Å². The zero-order valence-corrected chi connectivity index (χ0v) is 13.0. The molecule has 1 atom stereocenters. The maximum Gasteiger partial charge on any atom is 0.401 e. The predicted molar refractivity (Wildman–Crippen MR) is 72.7 cm³/mol. The highest BCUT2D eigenvalue weighted by Gasteiger charge is 2.67. The number of hydrogen-bond acceptors (Lipinski definition) is 3. The lowest BCUT2D eigenvalue weighted by molar-refractivity contribution is -0.163. The molecule has 0 saturated heterocycles. The lowest BCUT2D eigenvalue weighted by Gasteiger charge is -2.25. The molecule has 4 rings (SSSR count). The van der Waals surface area contributed by atoms with Gasteiger partial charge in [-0.2, -0.15) is 26.3 Å². The van der Waals surface area contributed by atoms with E-state index in [0.717, 1.165) is 6.92 Å². The Balaban J connectivity index is 1.77. The fraction of sp³-hybridized carbons (Fsp3) is 0.643. The normalized spacial score (nSPS) is 20.1. The molecular weight excluding hydrogens is 352 g/mol. The fourth-order valence-electron chi connectivity index (χ4n) is 3.31. The van der Waals surface area contributed by atoms with E-state index in [1.165, 1.54) is 15.3 Å². The Morgan fingerprint density at radius 2 is 1.68 bits per heavy atom. The predicted octanol–water partition coefficient (Wildman–Crippen LogP) is 3.41. The van der Waals surface area contributed by atoms with Crippen LogP contribution in [0.2, 0.25) is 0 Å². The van der Waals surface area contributed by atoms with Crippen molar-refractivity contribution in [3.05, 3.63) is 17.8 Å². The number of imidazole rings is 1. The van der Waals surface area contributed by atoms with Crippen molar-refractivity contribution in [3.63, 3.8) is 0 Å². The molecule has 25 heavy (non-hydrogen) atoms. The SMILES string of the molecule is C[C@H](c1ncc2n1CCn1c-2nnc1C1(C(F)(F)F)CC1)C(F)(F)F. The van der Waals surface area contributed by atoms with E-state index in [1.54, 1.807) is 0 Å². The summed E-state index contributed by atoms with van der Waals surface area (Å²) in [5.74, 6) is -1.98. The molecule has 0 bridgehead atoms. The second-order valence-electron chi connectivity index (χ2n) is 6.50. The van der Waals surface area contributed by atoms with E-state index in [0.29, 0.717) is 0 Å². The molecule has 5 nitrogen and oxygen atoms in total. The maximum atomic E-state index is 13.3. The molecule has 0 spiro atoms. The van der Waals surface area contributed by atoms with E-state index in [1.807, 2.05) is 0 Å². The second kappa shape index (κ2) is 4.76. The summed E-state index contributed by atoms with van der Waals surface area (Å²) in [4.78, 5) is 3.84. The van der Waals surface area contributed by atoms with Gasteiger partial charge in [0.15, 0.2) is 5.82 Å². The van der Waals surface area contributed by atoms with E-state index in [4.69, 9.17) is 0 Å². The first-order valence-corrected chi connectivity index (χ1v) is 7.69.